The summed E-state index contributed by atoms with van der Waals surface area (Å²) < 4.78 is 0. The highest BCUT2D eigenvalue weighted by molar-refractivity contribution is 5.87. The molecule has 1 fully saturated rings. The fourth-order valence-electron chi connectivity index (χ4n) is 2.99. The predicted octanol–water partition coefficient (Wildman–Crippen LogP) is 2.90. The van der Waals surface area contributed by atoms with E-state index in [1.165, 1.54) is 5.56 Å². The highest BCUT2D eigenvalue weighted by Crippen LogP contribution is 2.28. The van der Waals surface area contributed by atoms with E-state index in [1.54, 1.807) is 0 Å². The van der Waals surface area contributed by atoms with Gasteiger partial charge < -0.3 is 10.4 Å². The fraction of sp³-hybridized carbons (Fsp3) is 0.556. The maximum Gasteiger partial charge on any atom is 0.306 e. The summed E-state index contributed by atoms with van der Waals surface area (Å²) in [5.74, 6) is -1.11. The first-order valence-electron chi connectivity index (χ1n) is 7.97. The number of carbonyl (C=O) groups excluding carboxylic acids is 1. The Balaban J connectivity index is 2.02. The Labute approximate surface area is 131 Å². The molecule has 0 unspecified atom stereocenters. The lowest BCUT2D eigenvalue weighted by atomic mass is 9.83. The SMILES string of the molecule is CCc1ccc(C(C)(C)C(=O)N[C@@H]2CC[C@H](C(=O)O)C2)cc1. The smallest absolute Gasteiger partial charge is 0.306 e. The van der Waals surface area contributed by atoms with Gasteiger partial charge in [-0.1, -0.05) is 31.2 Å². The normalized spacial score (nSPS) is 21.6. The minimum atomic E-state index is -0.758. The molecule has 2 N–H and O–H groups in total. The average molecular weight is 303 g/mol. The number of aryl methyl sites for hydroxylation is 1. The van der Waals surface area contributed by atoms with Crippen LogP contribution in [0.4, 0.5) is 0 Å². The molecule has 0 bridgehead atoms. The largest absolute Gasteiger partial charge is 0.481 e. The molecule has 0 saturated heterocycles. The molecule has 1 aromatic rings. The van der Waals surface area contributed by atoms with Crippen LogP contribution in [0.15, 0.2) is 24.3 Å². The van der Waals surface area contributed by atoms with Crippen molar-refractivity contribution in [3.63, 3.8) is 0 Å². The number of rotatable bonds is 5. The van der Waals surface area contributed by atoms with Crippen molar-refractivity contribution in [1.82, 2.24) is 5.32 Å². The van der Waals surface area contributed by atoms with Gasteiger partial charge in [0, 0.05) is 6.04 Å². The summed E-state index contributed by atoms with van der Waals surface area (Å²) in [6.45, 7) is 5.92. The van der Waals surface area contributed by atoms with E-state index in [2.05, 4.69) is 24.4 Å². The van der Waals surface area contributed by atoms with Gasteiger partial charge in [-0.05, 0) is 50.7 Å². The zero-order chi connectivity index (χ0) is 16.3. The number of hydrogen-bond donors (Lipinski definition) is 2. The third-order valence-corrected chi connectivity index (χ3v) is 4.77. The van der Waals surface area contributed by atoms with Gasteiger partial charge in [-0.25, -0.2) is 0 Å². The van der Waals surface area contributed by atoms with Gasteiger partial charge in [0.25, 0.3) is 0 Å². The average Bonchev–Trinajstić information content (AvgIpc) is 2.96. The number of amides is 1. The lowest BCUT2D eigenvalue weighted by Gasteiger charge is -2.26. The Morgan fingerprint density at radius 1 is 1.23 bits per heavy atom. The Morgan fingerprint density at radius 2 is 1.86 bits per heavy atom. The summed E-state index contributed by atoms with van der Waals surface area (Å²) in [4.78, 5) is 23.6. The number of aliphatic carboxylic acids is 1. The minimum Gasteiger partial charge on any atom is -0.481 e. The molecule has 0 heterocycles. The molecule has 1 aliphatic rings. The molecule has 4 heteroatoms. The van der Waals surface area contributed by atoms with E-state index in [0.717, 1.165) is 18.4 Å². The number of carbonyl (C=O) groups is 2. The second-order valence-electron chi connectivity index (χ2n) is 6.69. The summed E-state index contributed by atoms with van der Waals surface area (Å²) >= 11 is 0. The third-order valence-electron chi connectivity index (χ3n) is 4.77. The number of hydrogen-bond acceptors (Lipinski definition) is 2. The third kappa shape index (κ3) is 3.49. The topological polar surface area (TPSA) is 66.4 Å². The van der Waals surface area contributed by atoms with Crippen molar-refractivity contribution in [2.45, 2.75) is 57.9 Å². The van der Waals surface area contributed by atoms with E-state index >= 15 is 0 Å². The zero-order valence-corrected chi connectivity index (χ0v) is 13.6. The molecule has 1 saturated carbocycles. The molecule has 2 atom stereocenters. The number of nitrogens with one attached hydrogen (secondary N) is 1. The van der Waals surface area contributed by atoms with Gasteiger partial charge in [-0.3, -0.25) is 9.59 Å². The maximum absolute atomic E-state index is 12.6. The lowest BCUT2D eigenvalue weighted by molar-refractivity contribution is -0.141. The first kappa shape index (κ1) is 16.5. The van der Waals surface area contributed by atoms with Crippen molar-refractivity contribution >= 4 is 11.9 Å². The molecule has 0 radical (unpaired) electrons. The van der Waals surface area contributed by atoms with Gasteiger partial charge in [-0.15, -0.1) is 0 Å². The summed E-state index contributed by atoms with van der Waals surface area (Å²) in [5, 5.41) is 12.1. The van der Waals surface area contributed by atoms with Crippen molar-refractivity contribution in [1.29, 1.82) is 0 Å². The lowest BCUT2D eigenvalue weighted by Crippen LogP contribution is -2.44. The Bertz CT molecular complexity index is 548. The molecular formula is C18H25NO3. The Kier molecular flexibility index (Phi) is 4.89. The maximum atomic E-state index is 12.6. The Hall–Kier alpha value is -1.84. The van der Waals surface area contributed by atoms with E-state index in [4.69, 9.17) is 5.11 Å². The minimum absolute atomic E-state index is 0.0252. The fourth-order valence-corrected chi connectivity index (χ4v) is 2.99. The quantitative estimate of drug-likeness (QED) is 0.879. The van der Waals surface area contributed by atoms with Gasteiger partial charge in [0.05, 0.1) is 11.3 Å². The van der Waals surface area contributed by atoms with Crippen LogP contribution < -0.4 is 5.32 Å². The van der Waals surface area contributed by atoms with Crippen LogP contribution in [0.25, 0.3) is 0 Å². The molecule has 1 aliphatic carbocycles. The van der Waals surface area contributed by atoms with Crippen LogP contribution in [-0.4, -0.2) is 23.0 Å². The van der Waals surface area contributed by atoms with E-state index in [0.29, 0.717) is 12.8 Å². The molecule has 0 aromatic heterocycles. The molecule has 120 valence electrons. The highest BCUT2D eigenvalue weighted by atomic mass is 16.4. The molecule has 0 aliphatic heterocycles. The zero-order valence-electron chi connectivity index (χ0n) is 13.6. The van der Waals surface area contributed by atoms with Crippen molar-refractivity contribution in [3.05, 3.63) is 35.4 Å². The van der Waals surface area contributed by atoms with Crippen LogP contribution in [0, 0.1) is 5.92 Å². The van der Waals surface area contributed by atoms with E-state index in [1.807, 2.05) is 26.0 Å². The van der Waals surface area contributed by atoms with E-state index in [-0.39, 0.29) is 17.9 Å². The van der Waals surface area contributed by atoms with Crippen LogP contribution >= 0.6 is 0 Å². The molecule has 22 heavy (non-hydrogen) atoms. The van der Waals surface area contributed by atoms with Crippen LogP contribution in [0.1, 0.15) is 51.2 Å². The molecule has 0 spiro atoms. The van der Waals surface area contributed by atoms with Crippen LogP contribution in [0.5, 0.6) is 0 Å². The molecular weight excluding hydrogens is 278 g/mol. The summed E-state index contributed by atoms with van der Waals surface area (Å²) in [5.41, 5.74) is 1.61. The predicted molar refractivity (Wildman–Crippen MR) is 85.8 cm³/mol. The summed E-state index contributed by atoms with van der Waals surface area (Å²) in [7, 11) is 0. The number of benzene rings is 1. The van der Waals surface area contributed by atoms with Crippen molar-refractivity contribution in [2.75, 3.05) is 0 Å². The number of carboxylic acids is 1. The Morgan fingerprint density at radius 3 is 2.36 bits per heavy atom. The van der Waals surface area contributed by atoms with Crippen molar-refractivity contribution < 1.29 is 14.7 Å². The summed E-state index contributed by atoms with van der Waals surface area (Å²) in [6.07, 6.45) is 2.90. The highest BCUT2D eigenvalue weighted by Gasteiger charge is 2.35. The van der Waals surface area contributed by atoms with Gasteiger partial charge in [-0.2, -0.15) is 0 Å². The monoisotopic (exact) mass is 303 g/mol. The van der Waals surface area contributed by atoms with Crippen LogP contribution in [-0.2, 0) is 21.4 Å². The van der Waals surface area contributed by atoms with Crippen molar-refractivity contribution in [2.24, 2.45) is 5.92 Å². The van der Waals surface area contributed by atoms with Crippen molar-refractivity contribution in [3.8, 4) is 0 Å². The molecule has 4 nitrogen and oxygen atoms in total. The summed E-state index contributed by atoms with van der Waals surface area (Å²) in [6, 6.07) is 8.10. The van der Waals surface area contributed by atoms with Gasteiger partial charge in [0.1, 0.15) is 0 Å². The van der Waals surface area contributed by atoms with Crippen LogP contribution in [0.3, 0.4) is 0 Å². The van der Waals surface area contributed by atoms with Gasteiger partial charge >= 0.3 is 5.97 Å². The molecule has 1 amide bonds. The van der Waals surface area contributed by atoms with Gasteiger partial charge in [0.15, 0.2) is 0 Å². The molecule has 2 rings (SSSR count). The second-order valence-corrected chi connectivity index (χ2v) is 6.69. The second kappa shape index (κ2) is 6.51. The van der Waals surface area contributed by atoms with E-state index in [9.17, 15) is 9.59 Å². The first-order chi connectivity index (χ1) is 10.3. The first-order valence-corrected chi connectivity index (χ1v) is 7.97. The standard InChI is InChI=1S/C18H25NO3/c1-4-12-5-8-14(9-6-12)18(2,3)17(22)19-15-10-7-13(11-15)16(20)21/h5-6,8-9,13,15H,4,7,10-11H2,1-3H3,(H,19,22)(H,20,21)/t13-,15+/m0/s1. The van der Waals surface area contributed by atoms with E-state index < -0.39 is 11.4 Å². The number of carboxylic acid groups (broad SMARTS) is 1. The van der Waals surface area contributed by atoms with Gasteiger partial charge in [0.2, 0.25) is 5.91 Å². The molecule has 1 aromatic carbocycles. The van der Waals surface area contributed by atoms with Crippen LogP contribution in [0.2, 0.25) is 0 Å².